The standard InChI is InChI=1S/C26H29ClFN3O4S/c1-35-18-3-4-22-19(13-18)25(21(27)14-30-22)23(32)5-2-16-7-9-31(15-20(16)26(33)34)10-11-36-24-12-17(28)6-8-29-24/h3-4,6,8,12-14,16,20,23,32H,2,5,7,9-11,15H2,1H3,(H,33,34)/t16-,20+,23-/m0/s1. The minimum atomic E-state index is -0.849. The van der Waals surface area contributed by atoms with E-state index in [1.807, 2.05) is 12.1 Å². The number of aromatic nitrogens is 2. The molecule has 0 spiro atoms. The molecular weight excluding hydrogens is 505 g/mol. The molecule has 1 aliphatic heterocycles. The monoisotopic (exact) mass is 533 g/mol. The summed E-state index contributed by atoms with van der Waals surface area (Å²) >= 11 is 7.88. The van der Waals surface area contributed by atoms with Crippen molar-refractivity contribution in [3.05, 3.63) is 59.1 Å². The van der Waals surface area contributed by atoms with Gasteiger partial charge in [-0.1, -0.05) is 11.6 Å². The number of carboxylic acids is 1. The lowest BCUT2D eigenvalue weighted by atomic mass is 9.81. The van der Waals surface area contributed by atoms with Gasteiger partial charge in [0.25, 0.3) is 0 Å². The highest BCUT2D eigenvalue weighted by Crippen LogP contribution is 2.37. The van der Waals surface area contributed by atoms with E-state index in [1.165, 1.54) is 36.3 Å². The third-order valence-electron chi connectivity index (χ3n) is 6.72. The second-order valence-corrected chi connectivity index (χ2v) is 10.5. The molecule has 0 saturated carbocycles. The van der Waals surface area contributed by atoms with Crippen LogP contribution in [0.25, 0.3) is 10.9 Å². The Morgan fingerprint density at radius 2 is 2.17 bits per heavy atom. The second kappa shape index (κ2) is 12.2. The zero-order valence-corrected chi connectivity index (χ0v) is 21.5. The van der Waals surface area contributed by atoms with Crippen molar-refractivity contribution < 1.29 is 24.1 Å². The van der Waals surface area contributed by atoms with Gasteiger partial charge in [0, 0.05) is 48.3 Å². The number of hydrogen-bond donors (Lipinski definition) is 2. The average Bonchev–Trinajstić information content (AvgIpc) is 2.87. The SMILES string of the molecule is COc1ccc2ncc(Cl)c([C@@H](O)CC[C@H]3CCN(CCSc4cc(F)ccn4)C[C@H]3C(=O)O)c2c1. The van der Waals surface area contributed by atoms with E-state index in [2.05, 4.69) is 14.9 Å². The molecule has 192 valence electrons. The summed E-state index contributed by atoms with van der Waals surface area (Å²) in [6.45, 7) is 1.92. The summed E-state index contributed by atoms with van der Waals surface area (Å²) in [4.78, 5) is 22.7. The summed E-state index contributed by atoms with van der Waals surface area (Å²) in [6, 6.07) is 8.14. The van der Waals surface area contributed by atoms with E-state index in [1.54, 1.807) is 13.2 Å². The summed E-state index contributed by atoms with van der Waals surface area (Å²) in [6.07, 6.45) is 3.81. The summed E-state index contributed by atoms with van der Waals surface area (Å²) < 4.78 is 18.7. The molecule has 0 unspecified atom stereocenters. The molecular formula is C26H29ClFN3O4S. The van der Waals surface area contributed by atoms with Crippen LogP contribution in [-0.2, 0) is 4.79 Å². The van der Waals surface area contributed by atoms with Crippen molar-refractivity contribution in [3.8, 4) is 5.75 Å². The van der Waals surface area contributed by atoms with Crippen LogP contribution in [0, 0.1) is 17.7 Å². The van der Waals surface area contributed by atoms with Crippen molar-refractivity contribution in [1.29, 1.82) is 0 Å². The molecule has 3 heterocycles. The van der Waals surface area contributed by atoms with Gasteiger partial charge in [-0.2, -0.15) is 0 Å². The van der Waals surface area contributed by atoms with E-state index in [0.29, 0.717) is 58.6 Å². The number of piperidine rings is 1. The van der Waals surface area contributed by atoms with Gasteiger partial charge in [0.2, 0.25) is 0 Å². The first-order valence-electron chi connectivity index (χ1n) is 11.9. The molecule has 10 heteroatoms. The largest absolute Gasteiger partial charge is 0.497 e. The Balaban J connectivity index is 1.36. The molecule has 1 aliphatic rings. The fraction of sp³-hybridized carbons (Fsp3) is 0.423. The number of aliphatic carboxylic acids is 1. The molecule has 1 aromatic carbocycles. The van der Waals surface area contributed by atoms with Crippen LogP contribution in [0.5, 0.6) is 5.75 Å². The van der Waals surface area contributed by atoms with Gasteiger partial charge in [-0.05, 0) is 56.0 Å². The molecule has 1 saturated heterocycles. The molecule has 0 radical (unpaired) electrons. The molecule has 7 nitrogen and oxygen atoms in total. The van der Waals surface area contributed by atoms with E-state index < -0.39 is 18.0 Å². The third kappa shape index (κ3) is 6.45. The van der Waals surface area contributed by atoms with Crippen LogP contribution in [0.15, 0.2) is 47.8 Å². The lowest BCUT2D eigenvalue weighted by Gasteiger charge is -2.37. The number of benzene rings is 1. The zero-order chi connectivity index (χ0) is 25.7. The normalized spacial score (nSPS) is 19.3. The number of hydrogen-bond acceptors (Lipinski definition) is 7. The maximum absolute atomic E-state index is 13.3. The van der Waals surface area contributed by atoms with Crippen LogP contribution in [0.1, 0.15) is 30.9 Å². The van der Waals surface area contributed by atoms with Crippen LogP contribution >= 0.6 is 23.4 Å². The number of carboxylic acid groups (broad SMARTS) is 1. The first-order valence-corrected chi connectivity index (χ1v) is 13.2. The highest BCUT2D eigenvalue weighted by Gasteiger charge is 2.34. The number of ether oxygens (including phenoxy) is 1. The fourth-order valence-electron chi connectivity index (χ4n) is 4.79. The molecule has 1 fully saturated rings. The van der Waals surface area contributed by atoms with E-state index in [-0.39, 0.29) is 11.7 Å². The van der Waals surface area contributed by atoms with Gasteiger partial charge in [-0.3, -0.25) is 9.78 Å². The van der Waals surface area contributed by atoms with Crippen molar-refractivity contribution in [3.63, 3.8) is 0 Å². The minimum Gasteiger partial charge on any atom is -0.497 e. The van der Waals surface area contributed by atoms with Gasteiger partial charge in [0.15, 0.2) is 0 Å². The van der Waals surface area contributed by atoms with Crippen molar-refractivity contribution in [2.75, 3.05) is 32.5 Å². The number of methoxy groups -OCH3 is 1. The Morgan fingerprint density at radius 1 is 1.33 bits per heavy atom. The van der Waals surface area contributed by atoms with E-state index in [4.69, 9.17) is 16.3 Å². The molecule has 3 aromatic rings. The van der Waals surface area contributed by atoms with Gasteiger partial charge < -0.3 is 19.8 Å². The maximum atomic E-state index is 13.3. The number of thioether (sulfide) groups is 1. The summed E-state index contributed by atoms with van der Waals surface area (Å²) in [5.41, 5.74) is 1.30. The first-order chi connectivity index (χ1) is 17.4. The number of nitrogens with zero attached hydrogens (tertiary/aromatic N) is 3. The number of pyridine rings is 2. The summed E-state index contributed by atoms with van der Waals surface area (Å²) in [5.74, 6) is -0.370. The van der Waals surface area contributed by atoms with Gasteiger partial charge in [-0.15, -0.1) is 11.8 Å². The predicted octanol–water partition coefficient (Wildman–Crippen LogP) is 5.06. The topological polar surface area (TPSA) is 95.8 Å². The van der Waals surface area contributed by atoms with Crippen molar-refractivity contribution in [2.24, 2.45) is 11.8 Å². The summed E-state index contributed by atoms with van der Waals surface area (Å²) in [5, 5.41) is 22.7. The van der Waals surface area contributed by atoms with Gasteiger partial charge in [0.05, 0.1) is 34.7 Å². The van der Waals surface area contributed by atoms with Crippen molar-refractivity contribution >= 4 is 40.2 Å². The molecule has 3 atom stereocenters. The van der Waals surface area contributed by atoms with Crippen LogP contribution < -0.4 is 4.74 Å². The fourth-order valence-corrected chi connectivity index (χ4v) is 5.96. The van der Waals surface area contributed by atoms with E-state index in [9.17, 15) is 19.4 Å². The van der Waals surface area contributed by atoms with Crippen LogP contribution in [0.2, 0.25) is 5.02 Å². The zero-order valence-electron chi connectivity index (χ0n) is 19.9. The summed E-state index contributed by atoms with van der Waals surface area (Å²) in [7, 11) is 1.57. The third-order valence-corrected chi connectivity index (χ3v) is 7.93. The van der Waals surface area contributed by atoms with Crippen molar-refractivity contribution in [2.45, 2.75) is 30.4 Å². The Kier molecular flexibility index (Phi) is 9.00. The second-order valence-electron chi connectivity index (χ2n) is 8.95. The lowest BCUT2D eigenvalue weighted by Crippen LogP contribution is -2.44. The van der Waals surface area contributed by atoms with Gasteiger partial charge >= 0.3 is 5.97 Å². The van der Waals surface area contributed by atoms with Gasteiger partial charge in [0.1, 0.15) is 11.6 Å². The smallest absolute Gasteiger partial charge is 0.308 e. The average molecular weight is 534 g/mol. The molecule has 0 aliphatic carbocycles. The highest BCUT2D eigenvalue weighted by atomic mass is 35.5. The molecule has 0 bridgehead atoms. The molecule has 4 rings (SSSR count). The minimum absolute atomic E-state index is 0.0487. The van der Waals surface area contributed by atoms with Gasteiger partial charge in [-0.25, -0.2) is 9.37 Å². The van der Waals surface area contributed by atoms with Crippen LogP contribution in [0.4, 0.5) is 4.39 Å². The number of fused-ring (bicyclic) bond motifs is 1. The van der Waals surface area contributed by atoms with Crippen molar-refractivity contribution in [1.82, 2.24) is 14.9 Å². The van der Waals surface area contributed by atoms with Crippen LogP contribution in [-0.4, -0.2) is 63.5 Å². The Hall–Kier alpha value is -2.46. The number of halogens is 2. The first kappa shape index (κ1) is 26.6. The number of likely N-dealkylation sites (tertiary alicyclic amines) is 1. The lowest BCUT2D eigenvalue weighted by molar-refractivity contribution is -0.146. The van der Waals surface area contributed by atoms with E-state index in [0.717, 1.165) is 18.4 Å². The number of aliphatic hydroxyl groups is 1. The number of rotatable bonds is 10. The molecule has 0 amide bonds. The Bertz CT molecular complexity index is 1220. The van der Waals surface area contributed by atoms with Crippen LogP contribution in [0.3, 0.4) is 0 Å². The number of aliphatic hydroxyl groups excluding tert-OH is 1. The molecule has 2 N–H and O–H groups in total. The Labute approximate surface area is 218 Å². The van der Waals surface area contributed by atoms with E-state index >= 15 is 0 Å². The maximum Gasteiger partial charge on any atom is 0.308 e. The number of carbonyl (C=O) groups is 1. The predicted molar refractivity (Wildman–Crippen MR) is 138 cm³/mol. The Morgan fingerprint density at radius 3 is 2.92 bits per heavy atom. The molecule has 36 heavy (non-hydrogen) atoms. The highest BCUT2D eigenvalue weighted by molar-refractivity contribution is 7.99. The quantitative estimate of drug-likeness (QED) is 0.349. The molecule has 2 aromatic heterocycles.